The number of carbonyl (C=O) groups is 1. The van der Waals surface area contributed by atoms with Crippen LogP contribution < -0.4 is 11.2 Å². The molecule has 0 unspecified atom stereocenters. The zero-order valence-electron chi connectivity index (χ0n) is 13.6. The minimum atomic E-state index is -1.44. The van der Waals surface area contributed by atoms with Crippen LogP contribution in [0.25, 0.3) is 4.85 Å². The van der Waals surface area contributed by atoms with Gasteiger partial charge in [-0.2, -0.15) is 0 Å². The van der Waals surface area contributed by atoms with E-state index >= 15 is 0 Å². The van der Waals surface area contributed by atoms with Crippen LogP contribution in [0.1, 0.15) is 27.0 Å². The fraction of sp³-hybridized carbons (Fsp3) is 0.600. The lowest BCUT2D eigenvalue weighted by molar-refractivity contribution is -0.158. The molecule has 2 heterocycles. The highest BCUT2D eigenvalue weighted by atomic mass is 16.6. The van der Waals surface area contributed by atoms with E-state index in [1.807, 2.05) is 0 Å². The van der Waals surface area contributed by atoms with Crippen molar-refractivity contribution in [2.24, 2.45) is 5.92 Å². The smallest absolute Gasteiger partial charge is 0.330 e. The molecule has 1 fully saturated rings. The molecule has 2 rings (SSSR count). The highest BCUT2D eigenvalue weighted by Gasteiger charge is 2.63. The number of H-pyrrole nitrogens is 1. The van der Waals surface area contributed by atoms with E-state index in [0.717, 1.165) is 10.6 Å². The van der Waals surface area contributed by atoms with Crippen LogP contribution in [-0.2, 0) is 14.3 Å². The number of esters is 1. The Bertz CT molecular complexity index is 776. The molecule has 1 aliphatic heterocycles. The third-order valence-corrected chi connectivity index (χ3v) is 3.96. The minimum absolute atomic E-state index is 0.422. The maximum atomic E-state index is 12.0. The number of carbonyl (C=O) groups excluding carboxylic acids is 1. The summed E-state index contributed by atoms with van der Waals surface area (Å²) in [6.45, 7) is 11.8. The lowest BCUT2D eigenvalue weighted by Crippen LogP contribution is -2.47. The first-order chi connectivity index (χ1) is 11.2. The Kier molecular flexibility index (Phi) is 4.91. The average molecular weight is 337 g/mol. The molecule has 0 amide bonds. The number of aromatic amines is 1. The zero-order chi connectivity index (χ0) is 18.1. The van der Waals surface area contributed by atoms with Gasteiger partial charge in [-0.1, -0.05) is 13.8 Å². The molecule has 0 bridgehead atoms. The molecule has 9 heteroatoms. The van der Waals surface area contributed by atoms with Gasteiger partial charge in [-0.05, 0) is 0 Å². The number of rotatable bonds is 4. The summed E-state index contributed by atoms with van der Waals surface area (Å²) in [5, 5.41) is 9.53. The van der Waals surface area contributed by atoms with Gasteiger partial charge in [0.05, 0.1) is 12.5 Å². The van der Waals surface area contributed by atoms with Gasteiger partial charge in [0, 0.05) is 19.2 Å². The maximum Gasteiger partial charge on any atom is 0.330 e. The second kappa shape index (κ2) is 6.59. The van der Waals surface area contributed by atoms with Gasteiger partial charge >= 0.3 is 17.2 Å². The molecule has 4 atom stereocenters. The van der Waals surface area contributed by atoms with Crippen LogP contribution in [0.4, 0.5) is 0 Å². The van der Waals surface area contributed by atoms with Crippen LogP contribution in [0.15, 0.2) is 21.9 Å². The van der Waals surface area contributed by atoms with Crippen molar-refractivity contribution >= 4 is 5.97 Å². The summed E-state index contributed by atoms with van der Waals surface area (Å²) in [6.07, 6.45) is -1.94. The molecule has 1 saturated heterocycles. The predicted molar refractivity (Wildman–Crippen MR) is 82.0 cm³/mol. The Hall–Kier alpha value is -2.44. The monoisotopic (exact) mass is 337 g/mol. The first kappa shape index (κ1) is 17.9. The summed E-state index contributed by atoms with van der Waals surface area (Å²) in [4.78, 5) is 40.8. The number of nitrogens with zero attached hydrogens (tertiary/aromatic N) is 2. The summed E-state index contributed by atoms with van der Waals surface area (Å²) in [5.41, 5.74) is -2.78. The Labute approximate surface area is 137 Å². The van der Waals surface area contributed by atoms with E-state index in [9.17, 15) is 19.5 Å². The number of aliphatic hydroxyl groups is 1. The second-order valence-electron chi connectivity index (χ2n) is 6.08. The van der Waals surface area contributed by atoms with Gasteiger partial charge in [0.25, 0.3) is 5.56 Å². The quantitative estimate of drug-likeness (QED) is 0.574. The Morgan fingerprint density at radius 2 is 2.25 bits per heavy atom. The first-order valence-electron chi connectivity index (χ1n) is 7.41. The predicted octanol–water partition coefficient (Wildman–Crippen LogP) is -0.328. The largest absolute Gasteiger partial charge is 0.450 e. The maximum absolute atomic E-state index is 12.0. The SMILES string of the molecule is [C-]#[N+][C@]1(C)[C@H](OC(=O)C(C)C)[C@@H](CO)O[C@H]1n1ccc(=O)[nH]c1=O. The van der Waals surface area contributed by atoms with Crippen LogP contribution in [0.2, 0.25) is 0 Å². The number of hydrogen-bond acceptors (Lipinski definition) is 6. The summed E-state index contributed by atoms with van der Waals surface area (Å²) in [6, 6.07) is 1.12. The van der Waals surface area contributed by atoms with Gasteiger partial charge < -0.3 is 19.4 Å². The van der Waals surface area contributed by atoms with Gasteiger partial charge in [-0.15, -0.1) is 0 Å². The van der Waals surface area contributed by atoms with E-state index in [-0.39, 0.29) is 0 Å². The fourth-order valence-electron chi connectivity index (χ4n) is 2.56. The van der Waals surface area contributed by atoms with Crippen molar-refractivity contribution in [3.05, 3.63) is 44.5 Å². The van der Waals surface area contributed by atoms with Crippen LogP contribution in [0.3, 0.4) is 0 Å². The molecule has 130 valence electrons. The number of ether oxygens (including phenoxy) is 2. The third-order valence-electron chi connectivity index (χ3n) is 3.96. The molecule has 0 spiro atoms. The lowest BCUT2D eigenvalue weighted by Gasteiger charge is -2.25. The van der Waals surface area contributed by atoms with Gasteiger partial charge in [0.2, 0.25) is 12.3 Å². The van der Waals surface area contributed by atoms with E-state index in [1.165, 1.54) is 13.1 Å². The van der Waals surface area contributed by atoms with Gasteiger partial charge in [-0.25, -0.2) is 11.4 Å². The van der Waals surface area contributed by atoms with E-state index in [1.54, 1.807) is 13.8 Å². The molecule has 1 aliphatic rings. The van der Waals surface area contributed by atoms with Crippen LogP contribution in [0.5, 0.6) is 0 Å². The number of nitrogens with one attached hydrogen (secondary N) is 1. The molecule has 2 N–H and O–H groups in total. The first-order valence-corrected chi connectivity index (χ1v) is 7.41. The van der Waals surface area contributed by atoms with Crippen molar-refractivity contribution in [2.75, 3.05) is 6.61 Å². The molecule has 0 radical (unpaired) electrons. The van der Waals surface area contributed by atoms with E-state index < -0.39 is 53.7 Å². The van der Waals surface area contributed by atoms with Crippen molar-refractivity contribution in [2.45, 2.75) is 44.7 Å². The molecule has 0 aliphatic carbocycles. The summed E-state index contributed by atoms with van der Waals surface area (Å²) >= 11 is 0. The van der Waals surface area contributed by atoms with Crippen molar-refractivity contribution < 1.29 is 19.4 Å². The summed E-state index contributed by atoms with van der Waals surface area (Å²) < 4.78 is 12.0. The molecule has 24 heavy (non-hydrogen) atoms. The molecule has 0 saturated carbocycles. The zero-order valence-corrected chi connectivity index (χ0v) is 13.6. The van der Waals surface area contributed by atoms with Crippen molar-refractivity contribution in [3.63, 3.8) is 0 Å². The Morgan fingerprint density at radius 1 is 1.58 bits per heavy atom. The van der Waals surface area contributed by atoms with E-state index in [0.29, 0.717) is 0 Å². The highest BCUT2D eigenvalue weighted by molar-refractivity contribution is 5.72. The number of aliphatic hydroxyl groups excluding tert-OH is 1. The third kappa shape index (κ3) is 2.98. The average Bonchev–Trinajstić information content (AvgIpc) is 2.80. The molecular formula is C15H19N3O6. The second-order valence-corrected chi connectivity index (χ2v) is 6.08. The lowest BCUT2D eigenvalue weighted by atomic mass is 9.92. The van der Waals surface area contributed by atoms with Crippen molar-refractivity contribution in [3.8, 4) is 0 Å². The number of aromatic nitrogens is 2. The van der Waals surface area contributed by atoms with E-state index in [4.69, 9.17) is 16.0 Å². The summed E-state index contributed by atoms with van der Waals surface area (Å²) in [5.74, 6) is -0.958. The molecule has 0 aromatic carbocycles. The van der Waals surface area contributed by atoms with Crippen LogP contribution >= 0.6 is 0 Å². The van der Waals surface area contributed by atoms with Gasteiger partial charge in [0.15, 0.2) is 0 Å². The fourth-order valence-corrected chi connectivity index (χ4v) is 2.56. The van der Waals surface area contributed by atoms with Gasteiger partial charge in [-0.3, -0.25) is 19.1 Å². The highest BCUT2D eigenvalue weighted by Crippen LogP contribution is 2.42. The molecular weight excluding hydrogens is 318 g/mol. The molecule has 1 aromatic rings. The van der Waals surface area contributed by atoms with E-state index in [2.05, 4.69) is 9.83 Å². The van der Waals surface area contributed by atoms with Crippen LogP contribution in [0, 0.1) is 12.5 Å². The Morgan fingerprint density at radius 3 is 2.75 bits per heavy atom. The topological polar surface area (TPSA) is 115 Å². The standard InChI is InChI=1S/C15H19N3O6/c1-8(2)12(21)24-11-9(7-19)23-13(15(11,3)16-4)18-6-5-10(20)17-14(18)22/h5-6,8-9,11,13,19H,7H2,1-3H3,(H,17,20,22)/t9-,11-,13-,15-/m1/s1. The summed E-state index contributed by atoms with van der Waals surface area (Å²) in [7, 11) is 0. The normalized spacial score (nSPS) is 29.4. The molecule has 9 nitrogen and oxygen atoms in total. The number of hydrogen-bond donors (Lipinski definition) is 2. The minimum Gasteiger partial charge on any atom is -0.450 e. The van der Waals surface area contributed by atoms with Crippen LogP contribution in [-0.4, -0.2) is 45.0 Å². The molecule has 1 aromatic heterocycles. The van der Waals surface area contributed by atoms with Crippen molar-refractivity contribution in [1.82, 2.24) is 9.55 Å². The Balaban J connectivity index is 2.47. The van der Waals surface area contributed by atoms with Gasteiger partial charge in [0.1, 0.15) is 6.10 Å². The van der Waals surface area contributed by atoms with Crippen molar-refractivity contribution in [1.29, 1.82) is 0 Å².